The fourth-order valence-corrected chi connectivity index (χ4v) is 1.74. The summed E-state index contributed by atoms with van der Waals surface area (Å²) in [6, 6.07) is 7.90. The molecule has 102 valence electrons. The summed E-state index contributed by atoms with van der Waals surface area (Å²) in [5.41, 5.74) is 6.48. The molecule has 1 amide bonds. The van der Waals surface area contributed by atoms with Crippen LogP contribution in [0.25, 0.3) is 17.4 Å². The Bertz CT molecular complexity index is 701. The quantitative estimate of drug-likeness (QED) is 0.525. The lowest BCUT2D eigenvalue weighted by Crippen LogP contribution is -2.04. The summed E-state index contributed by atoms with van der Waals surface area (Å²) in [5.74, 6) is 0.370. The second-order valence-corrected chi connectivity index (χ2v) is 4.19. The SMILES string of the molecule is Cc1ccc([N+](=O)[O-])cc1-c1ccc(/C=C/C(N)=O)o1. The zero-order chi connectivity index (χ0) is 14.7. The average Bonchev–Trinajstić information content (AvgIpc) is 2.85. The van der Waals surface area contributed by atoms with Crippen molar-refractivity contribution in [3.05, 3.63) is 57.8 Å². The first kappa shape index (κ1) is 13.5. The number of rotatable bonds is 4. The largest absolute Gasteiger partial charge is 0.457 e. The summed E-state index contributed by atoms with van der Waals surface area (Å²) in [5, 5.41) is 10.8. The lowest BCUT2D eigenvalue weighted by atomic mass is 10.1. The Morgan fingerprint density at radius 1 is 1.35 bits per heavy atom. The van der Waals surface area contributed by atoms with Crippen LogP contribution in [-0.2, 0) is 4.79 Å². The van der Waals surface area contributed by atoms with Gasteiger partial charge in [0.2, 0.25) is 5.91 Å². The van der Waals surface area contributed by atoms with Crippen molar-refractivity contribution in [3.63, 3.8) is 0 Å². The molecule has 0 fully saturated rings. The van der Waals surface area contributed by atoms with E-state index in [2.05, 4.69) is 0 Å². The number of carbonyl (C=O) groups excluding carboxylic acids is 1. The molecular weight excluding hydrogens is 260 g/mol. The van der Waals surface area contributed by atoms with Gasteiger partial charge in [-0.1, -0.05) is 6.07 Å². The molecule has 0 unspecified atom stereocenters. The second kappa shape index (κ2) is 5.40. The van der Waals surface area contributed by atoms with Gasteiger partial charge in [0.15, 0.2) is 0 Å². The van der Waals surface area contributed by atoms with E-state index in [0.717, 1.165) is 5.56 Å². The number of nitro groups is 1. The molecule has 0 bridgehead atoms. The number of hydrogen-bond donors (Lipinski definition) is 1. The van der Waals surface area contributed by atoms with Crippen molar-refractivity contribution in [2.75, 3.05) is 0 Å². The average molecular weight is 272 g/mol. The van der Waals surface area contributed by atoms with Crippen molar-refractivity contribution in [1.29, 1.82) is 0 Å². The Morgan fingerprint density at radius 3 is 2.75 bits per heavy atom. The fourth-order valence-electron chi connectivity index (χ4n) is 1.74. The van der Waals surface area contributed by atoms with Gasteiger partial charge < -0.3 is 10.2 Å². The molecule has 0 saturated carbocycles. The minimum absolute atomic E-state index is 0.00349. The van der Waals surface area contributed by atoms with Crippen molar-refractivity contribution in [1.82, 2.24) is 0 Å². The molecule has 20 heavy (non-hydrogen) atoms. The van der Waals surface area contributed by atoms with E-state index in [1.807, 2.05) is 6.92 Å². The maximum atomic E-state index is 10.8. The molecule has 2 aromatic rings. The smallest absolute Gasteiger partial charge is 0.270 e. The predicted octanol–water partition coefficient (Wildman–Crippen LogP) is 2.66. The summed E-state index contributed by atoms with van der Waals surface area (Å²) in [4.78, 5) is 21.0. The molecule has 0 spiro atoms. The molecule has 0 atom stereocenters. The number of carbonyl (C=O) groups is 1. The molecule has 1 heterocycles. The van der Waals surface area contributed by atoms with Gasteiger partial charge in [-0.3, -0.25) is 14.9 Å². The Hall–Kier alpha value is -2.89. The van der Waals surface area contributed by atoms with Gasteiger partial charge in [0.25, 0.3) is 5.69 Å². The van der Waals surface area contributed by atoms with Crippen LogP contribution in [0, 0.1) is 17.0 Å². The molecule has 6 nitrogen and oxygen atoms in total. The number of amides is 1. The Balaban J connectivity index is 2.39. The number of nitrogens with two attached hydrogens (primary N) is 1. The first-order valence-electron chi connectivity index (χ1n) is 5.80. The summed E-state index contributed by atoms with van der Waals surface area (Å²) in [7, 11) is 0. The van der Waals surface area contributed by atoms with Gasteiger partial charge in [0.05, 0.1) is 4.92 Å². The lowest BCUT2D eigenvalue weighted by Gasteiger charge is -2.02. The predicted molar refractivity (Wildman–Crippen MR) is 73.8 cm³/mol. The maximum absolute atomic E-state index is 10.8. The highest BCUT2D eigenvalue weighted by Gasteiger charge is 2.12. The summed E-state index contributed by atoms with van der Waals surface area (Å²) >= 11 is 0. The molecule has 6 heteroatoms. The summed E-state index contributed by atoms with van der Waals surface area (Å²) in [6.07, 6.45) is 2.63. The van der Waals surface area contributed by atoms with Gasteiger partial charge in [-0.15, -0.1) is 0 Å². The molecule has 0 aliphatic carbocycles. The van der Waals surface area contributed by atoms with Crippen LogP contribution in [0.4, 0.5) is 5.69 Å². The Labute approximate surface area is 114 Å². The van der Waals surface area contributed by atoms with Crippen LogP contribution in [0.3, 0.4) is 0 Å². The third kappa shape index (κ3) is 2.92. The van der Waals surface area contributed by atoms with Gasteiger partial charge in [-0.25, -0.2) is 0 Å². The minimum atomic E-state index is -0.575. The summed E-state index contributed by atoms with van der Waals surface area (Å²) in [6.45, 7) is 1.83. The van der Waals surface area contributed by atoms with E-state index in [9.17, 15) is 14.9 Å². The van der Waals surface area contributed by atoms with Gasteiger partial charge in [-0.05, 0) is 30.7 Å². The number of benzene rings is 1. The van der Waals surface area contributed by atoms with E-state index in [1.165, 1.54) is 24.3 Å². The van der Waals surface area contributed by atoms with E-state index in [-0.39, 0.29) is 5.69 Å². The lowest BCUT2D eigenvalue weighted by molar-refractivity contribution is -0.384. The zero-order valence-corrected chi connectivity index (χ0v) is 10.7. The number of aryl methyl sites for hydroxylation is 1. The zero-order valence-electron chi connectivity index (χ0n) is 10.7. The van der Waals surface area contributed by atoms with Crippen molar-refractivity contribution >= 4 is 17.7 Å². The van der Waals surface area contributed by atoms with E-state index in [0.29, 0.717) is 17.1 Å². The molecule has 0 aliphatic rings. The number of primary amides is 1. The molecule has 2 N–H and O–H groups in total. The number of furan rings is 1. The molecule has 0 aliphatic heterocycles. The van der Waals surface area contributed by atoms with Crippen LogP contribution in [-0.4, -0.2) is 10.8 Å². The maximum Gasteiger partial charge on any atom is 0.270 e. The molecule has 1 aromatic carbocycles. The normalized spacial score (nSPS) is 10.8. The highest BCUT2D eigenvalue weighted by Crippen LogP contribution is 2.29. The molecule has 1 aromatic heterocycles. The van der Waals surface area contributed by atoms with Crippen LogP contribution in [0.2, 0.25) is 0 Å². The first-order valence-corrected chi connectivity index (χ1v) is 5.80. The van der Waals surface area contributed by atoms with E-state index >= 15 is 0 Å². The van der Waals surface area contributed by atoms with Crippen molar-refractivity contribution in [3.8, 4) is 11.3 Å². The van der Waals surface area contributed by atoms with E-state index < -0.39 is 10.8 Å². The van der Waals surface area contributed by atoms with Gasteiger partial charge in [-0.2, -0.15) is 0 Å². The van der Waals surface area contributed by atoms with Gasteiger partial charge in [0, 0.05) is 23.8 Å². The van der Waals surface area contributed by atoms with E-state index in [1.54, 1.807) is 18.2 Å². The molecule has 0 radical (unpaired) electrons. The third-order valence-corrected chi connectivity index (χ3v) is 2.74. The number of hydrogen-bond acceptors (Lipinski definition) is 4. The highest BCUT2D eigenvalue weighted by atomic mass is 16.6. The van der Waals surface area contributed by atoms with Crippen LogP contribution >= 0.6 is 0 Å². The summed E-state index contributed by atoms with van der Waals surface area (Å²) < 4.78 is 5.52. The van der Waals surface area contributed by atoms with Crippen LogP contribution in [0.15, 0.2) is 40.8 Å². The fraction of sp³-hybridized carbons (Fsp3) is 0.0714. The number of nitrogens with zero attached hydrogens (tertiary/aromatic N) is 1. The standard InChI is InChI=1S/C14H12N2O4/c1-9-2-3-10(16(18)19)8-12(9)13-6-4-11(20-13)5-7-14(15)17/h2-8H,1H3,(H2,15,17)/b7-5+. The Kier molecular flexibility index (Phi) is 3.65. The third-order valence-electron chi connectivity index (χ3n) is 2.74. The molecular formula is C14H12N2O4. The minimum Gasteiger partial charge on any atom is -0.457 e. The van der Waals surface area contributed by atoms with Crippen molar-refractivity contribution in [2.45, 2.75) is 6.92 Å². The monoisotopic (exact) mass is 272 g/mol. The van der Waals surface area contributed by atoms with Crippen LogP contribution in [0.5, 0.6) is 0 Å². The van der Waals surface area contributed by atoms with Crippen molar-refractivity contribution in [2.24, 2.45) is 5.73 Å². The number of non-ortho nitro benzene ring substituents is 1. The second-order valence-electron chi connectivity index (χ2n) is 4.19. The van der Waals surface area contributed by atoms with Crippen LogP contribution < -0.4 is 5.73 Å². The molecule has 2 rings (SSSR count). The first-order chi connectivity index (χ1) is 9.47. The molecule has 0 saturated heterocycles. The van der Waals surface area contributed by atoms with Crippen molar-refractivity contribution < 1.29 is 14.1 Å². The Morgan fingerprint density at radius 2 is 2.10 bits per heavy atom. The van der Waals surface area contributed by atoms with Gasteiger partial charge >= 0.3 is 0 Å². The topological polar surface area (TPSA) is 99.4 Å². The highest BCUT2D eigenvalue weighted by molar-refractivity contribution is 5.89. The number of nitro benzene ring substituents is 1. The van der Waals surface area contributed by atoms with Crippen LogP contribution in [0.1, 0.15) is 11.3 Å². The van der Waals surface area contributed by atoms with Gasteiger partial charge in [0.1, 0.15) is 11.5 Å². The van der Waals surface area contributed by atoms with E-state index in [4.69, 9.17) is 10.2 Å².